The maximum Gasteiger partial charge on any atom is 0.254 e. The number of carbonyl (C=O) groups is 1. The van der Waals surface area contributed by atoms with E-state index in [1.165, 1.54) is 6.07 Å². The van der Waals surface area contributed by atoms with Gasteiger partial charge in [0.25, 0.3) is 5.91 Å². The number of rotatable bonds is 4. The maximum atomic E-state index is 12.3. The Kier molecular flexibility index (Phi) is 3.99. The Hall–Kier alpha value is -1.81. The number of phenols is 1. The highest BCUT2D eigenvalue weighted by atomic mass is 32.1. The summed E-state index contributed by atoms with van der Waals surface area (Å²) in [5.41, 5.74) is 0.522. The zero-order valence-electron chi connectivity index (χ0n) is 10.2. The number of amides is 1. The molecule has 4 heteroatoms. The van der Waals surface area contributed by atoms with Crippen LogP contribution in [0.3, 0.4) is 0 Å². The van der Waals surface area contributed by atoms with E-state index in [0.29, 0.717) is 18.7 Å². The van der Waals surface area contributed by atoms with E-state index in [1.54, 1.807) is 34.4 Å². The number of benzene rings is 1. The molecule has 0 unspecified atom stereocenters. The molecule has 0 bridgehead atoms. The number of carbonyl (C=O) groups excluding carboxylic acids is 1. The van der Waals surface area contributed by atoms with E-state index in [1.807, 2.05) is 24.4 Å². The fraction of sp³-hybridized carbons (Fsp3) is 0.214. The van der Waals surface area contributed by atoms with Crippen LogP contribution in [0.1, 0.15) is 22.2 Å². The Bertz CT molecular complexity index is 522. The quantitative estimate of drug-likeness (QED) is 0.918. The first kappa shape index (κ1) is 12.6. The Morgan fingerprint density at radius 3 is 2.78 bits per heavy atom. The highest BCUT2D eigenvalue weighted by molar-refractivity contribution is 7.09. The van der Waals surface area contributed by atoms with Gasteiger partial charge in [0.05, 0.1) is 6.54 Å². The van der Waals surface area contributed by atoms with E-state index in [4.69, 9.17) is 0 Å². The molecule has 0 aliphatic carbocycles. The second-order valence-corrected chi connectivity index (χ2v) is 4.98. The van der Waals surface area contributed by atoms with Gasteiger partial charge in [-0.3, -0.25) is 4.79 Å². The van der Waals surface area contributed by atoms with Gasteiger partial charge >= 0.3 is 0 Å². The minimum absolute atomic E-state index is 0.0539. The summed E-state index contributed by atoms with van der Waals surface area (Å²) in [6, 6.07) is 10.5. The molecular weight excluding hydrogens is 246 g/mol. The van der Waals surface area contributed by atoms with Crippen molar-refractivity contribution in [1.82, 2.24) is 4.90 Å². The number of nitrogens with zero attached hydrogens (tertiary/aromatic N) is 1. The van der Waals surface area contributed by atoms with Crippen molar-refractivity contribution in [2.24, 2.45) is 0 Å². The van der Waals surface area contributed by atoms with Crippen LogP contribution in [0.25, 0.3) is 0 Å². The van der Waals surface area contributed by atoms with Crippen molar-refractivity contribution in [2.75, 3.05) is 6.54 Å². The van der Waals surface area contributed by atoms with Gasteiger partial charge in [0.15, 0.2) is 0 Å². The molecule has 0 radical (unpaired) electrons. The molecule has 1 aromatic carbocycles. The van der Waals surface area contributed by atoms with Crippen LogP contribution in [-0.4, -0.2) is 22.5 Å². The summed E-state index contributed by atoms with van der Waals surface area (Å²) >= 11 is 1.64. The molecule has 0 saturated heterocycles. The van der Waals surface area contributed by atoms with Gasteiger partial charge < -0.3 is 10.0 Å². The second kappa shape index (κ2) is 5.69. The third-order valence-electron chi connectivity index (χ3n) is 2.69. The van der Waals surface area contributed by atoms with E-state index in [9.17, 15) is 9.90 Å². The lowest BCUT2D eigenvalue weighted by Gasteiger charge is -2.20. The minimum Gasteiger partial charge on any atom is -0.508 e. The summed E-state index contributed by atoms with van der Waals surface area (Å²) in [5.74, 6) is 0.0647. The lowest BCUT2D eigenvalue weighted by atomic mass is 10.2. The Morgan fingerprint density at radius 2 is 2.17 bits per heavy atom. The Balaban J connectivity index is 2.15. The van der Waals surface area contributed by atoms with Gasteiger partial charge in [-0.25, -0.2) is 0 Å². The molecular formula is C14H15NO2S. The van der Waals surface area contributed by atoms with E-state index in [-0.39, 0.29) is 11.7 Å². The van der Waals surface area contributed by atoms with Crippen LogP contribution in [-0.2, 0) is 6.54 Å². The minimum atomic E-state index is -0.0539. The lowest BCUT2D eigenvalue weighted by molar-refractivity contribution is 0.0754. The molecule has 1 aromatic heterocycles. The monoisotopic (exact) mass is 261 g/mol. The van der Waals surface area contributed by atoms with Crippen molar-refractivity contribution in [1.29, 1.82) is 0 Å². The normalized spacial score (nSPS) is 10.3. The highest BCUT2D eigenvalue weighted by Gasteiger charge is 2.15. The van der Waals surface area contributed by atoms with Crippen molar-refractivity contribution in [3.63, 3.8) is 0 Å². The van der Waals surface area contributed by atoms with Crippen molar-refractivity contribution in [2.45, 2.75) is 13.5 Å². The molecule has 0 fully saturated rings. The van der Waals surface area contributed by atoms with Crippen LogP contribution in [0.2, 0.25) is 0 Å². The third kappa shape index (κ3) is 2.90. The van der Waals surface area contributed by atoms with Gasteiger partial charge in [-0.2, -0.15) is 0 Å². The first-order chi connectivity index (χ1) is 8.70. The summed E-state index contributed by atoms with van der Waals surface area (Å²) in [6.45, 7) is 3.21. The van der Waals surface area contributed by atoms with Gasteiger partial charge in [-0.15, -0.1) is 11.3 Å². The SMILES string of the molecule is CCN(Cc1cccs1)C(=O)c1cccc(O)c1. The molecule has 94 valence electrons. The predicted octanol–water partition coefficient (Wildman–Crippen LogP) is 3.12. The smallest absolute Gasteiger partial charge is 0.254 e. The van der Waals surface area contributed by atoms with Gasteiger partial charge in [-0.05, 0) is 36.6 Å². The zero-order valence-corrected chi connectivity index (χ0v) is 11.0. The molecule has 0 aliphatic heterocycles. The van der Waals surface area contributed by atoms with Crippen LogP contribution in [0, 0.1) is 0 Å². The summed E-state index contributed by atoms with van der Waals surface area (Å²) < 4.78 is 0. The van der Waals surface area contributed by atoms with E-state index < -0.39 is 0 Å². The Morgan fingerprint density at radius 1 is 1.33 bits per heavy atom. The second-order valence-electron chi connectivity index (χ2n) is 3.95. The first-order valence-corrected chi connectivity index (χ1v) is 6.69. The molecule has 1 amide bonds. The molecule has 18 heavy (non-hydrogen) atoms. The number of hydrogen-bond donors (Lipinski definition) is 1. The van der Waals surface area contributed by atoms with Crippen molar-refractivity contribution in [3.05, 3.63) is 52.2 Å². The average molecular weight is 261 g/mol. The van der Waals surface area contributed by atoms with E-state index >= 15 is 0 Å². The van der Waals surface area contributed by atoms with Crippen molar-refractivity contribution >= 4 is 17.2 Å². The van der Waals surface area contributed by atoms with E-state index in [0.717, 1.165) is 4.88 Å². The van der Waals surface area contributed by atoms with E-state index in [2.05, 4.69) is 0 Å². The zero-order chi connectivity index (χ0) is 13.0. The largest absolute Gasteiger partial charge is 0.508 e. The molecule has 1 heterocycles. The lowest BCUT2D eigenvalue weighted by Crippen LogP contribution is -2.29. The van der Waals surface area contributed by atoms with Crippen LogP contribution in [0.15, 0.2) is 41.8 Å². The van der Waals surface area contributed by atoms with Gasteiger partial charge in [0.1, 0.15) is 5.75 Å². The summed E-state index contributed by atoms with van der Waals surface area (Å²) in [6.07, 6.45) is 0. The molecule has 2 aromatic rings. The molecule has 0 aliphatic rings. The van der Waals surface area contributed by atoms with Crippen LogP contribution in [0.5, 0.6) is 5.75 Å². The fourth-order valence-electron chi connectivity index (χ4n) is 1.74. The van der Waals surface area contributed by atoms with Crippen LogP contribution < -0.4 is 0 Å². The van der Waals surface area contributed by atoms with Crippen LogP contribution >= 0.6 is 11.3 Å². The number of phenolic OH excluding ortho intramolecular Hbond substituents is 1. The molecule has 1 N–H and O–H groups in total. The fourth-order valence-corrected chi connectivity index (χ4v) is 2.46. The standard InChI is InChI=1S/C14H15NO2S/c1-2-15(10-13-7-4-8-18-13)14(17)11-5-3-6-12(16)9-11/h3-9,16H,2,10H2,1H3. The highest BCUT2D eigenvalue weighted by Crippen LogP contribution is 2.16. The first-order valence-electron chi connectivity index (χ1n) is 5.81. The third-order valence-corrected chi connectivity index (χ3v) is 3.55. The maximum absolute atomic E-state index is 12.3. The van der Waals surface area contributed by atoms with Crippen LogP contribution in [0.4, 0.5) is 0 Å². The molecule has 2 rings (SSSR count). The van der Waals surface area contributed by atoms with Gasteiger partial charge in [0.2, 0.25) is 0 Å². The number of hydrogen-bond acceptors (Lipinski definition) is 3. The number of aromatic hydroxyl groups is 1. The molecule has 0 spiro atoms. The van der Waals surface area contributed by atoms with Crippen molar-refractivity contribution in [3.8, 4) is 5.75 Å². The Labute approximate surface area is 110 Å². The van der Waals surface area contributed by atoms with Gasteiger partial charge in [0, 0.05) is 17.0 Å². The summed E-state index contributed by atoms with van der Waals surface area (Å²) in [5, 5.41) is 11.4. The predicted molar refractivity (Wildman–Crippen MR) is 72.8 cm³/mol. The average Bonchev–Trinajstić information content (AvgIpc) is 2.88. The number of thiophene rings is 1. The molecule has 3 nitrogen and oxygen atoms in total. The van der Waals surface area contributed by atoms with Gasteiger partial charge in [-0.1, -0.05) is 12.1 Å². The summed E-state index contributed by atoms with van der Waals surface area (Å²) in [7, 11) is 0. The summed E-state index contributed by atoms with van der Waals surface area (Å²) in [4.78, 5) is 15.2. The topological polar surface area (TPSA) is 40.5 Å². The molecule has 0 atom stereocenters. The molecule has 0 saturated carbocycles. The van der Waals surface area contributed by atoms with Crippen molar-refractivity contribution < 1.29 is 9.90 Å².